The van der Waals surface area contributed by atoms with Gasteiger partial charge < -0.3 is 5.32 Å². The van der Waals surface area contributed by atoms with E-state index in [2.05, 4.69) is 10.3 Å². The van der Waals surface area contributed by atoms with Crippen LogP contribution in [-0.4, -0.2) is 10.9 Å². The van der Waals surface area contributed by atoms with Crippen molar-refractivity contribution in [2.75, 3.05) is 5.32 Å². The fourth-order valence-electron chi connectivity index (χ4n) is 1.94. The number of benzene rings is 1. The Morgan fingerprint density at radius 3 is 2.70 bits per heavy atom. The Morgan fingerprint density at radius 1 is 1.15 bits per heavy atom. The van der Waals surface area contributed by atoms with E-state index in [9.17, 15) is 4.79 Å². The highest BCUT2D eigenvalue weighted by Gasteiger charge is 2.06. The summed E-state index contributed by atoms with van der Waals surface area (Å²) < 4.78 is 0. The number of hydrogen-bond donors (Lipinski definition) is 1. The number of rotatable bonds is 5. The number of carbonyl (C=O) groups excluding carboxylic acids is 1. The standard InChI is InChI=1S/C16H15N3O/c17-11-10-16(20)19-15-7-2-1-5-13(15)8-9-14-6-3-4-12-18-14/h1-7,12H,8-10H2,(H,19,20). The largest absolute Gasteiger partial charge is 0.325 e. The molecule has 1 heterocycles. The highest BCUT2D eigenvalue weighted by molar-refractivity contribution is 5.92. The molecule has 0 aliphatic carbocycles. The van der Waals surface area contributed by atoms with Gasteiger partial charge in [-0.25, -0.2) is 0 Å². The molecule has 0 atom stereocenters. The first-order chi connectivity index (χ1) is 9.79. The monoisotopic (exact) mass is 265 g/mol. The van der Waals surface area contributed by atoms with E-state index in [-0.39, 0.29) is 12.3 Å². The Balaban J connectivity index is 2.04. The van der Waals surface area contributed by atoms with E-state index in [1.165, 1.54) is 0 Å². The second-order valence-corrected chi connectivity index (χ2v) is 4.36. The lowest BCUT2D eigenvalue weighted by Crippen LogP contribution is -2.12. The topological polar surface area (TPSA) is 65.8 Å². The molecule has 0 fully saturated rings. The summed E-state index contributed by atoms with van der Waals surface area (Å²) in [5.74, 6) is -0.280. The zero-order valence-corrected chi connectivity index (χ0v) is 11.0. The van der Waals surface area contributed by atoms with Gasteiger partial charge in [-0.2, -0.15) is 5.26 Å². The highest BCUT2D eigenvalue weighted by Crippen LogP contribution is 2.17. The second-order valence-electron chi connectivity index (χ2n) is 4.36. The molecule has 0 spiro atoms. The van der Waals surface area contributed by atoms with Crippen molar-refractivity contribution in [3.8, 4) is 6.07 Å². The smallest absolute Gasteiger partial charge is 0.238 e. The van der Waals surface area contributed by atoms with E-state index in [1.54, 1.807) is 6.20 Å². The first-order valence-corrected chi connectivity index (χ1v) is 6.44. The molecule has 4 heteroatoms. The van der Waals surface area contributed by atoms with Crippen molar-refractivity contribution in [1.82, 2.24) is 4.98 Å². The van der Waals surface area contributed by atoms with Crippen LogP contribution in [0.25, 0.3) is 0 Å². The van der Waals surface area contributed by atoms with Gasteiger partial charge in [0.05, 0.1) is 6.07 Å². The van der Waals surface area contributed by atoms with Gasteiger partial charge >= 0.3 is 0 Å². The van der Waals surface area contributed by atoms with Crippen LogP contribution in [0.1, 0.15) is 17.7 Å². The number of anilines is 1. The number of carbonyl (C=O) groups is 1. The number of aromatic nitrogens is 1. The molecule has 100 valence electrons. The summed E-state index contributed by atoms with van der Waals surface area (Å²) in [4.78, 5) is 15.8. The van der Waals surface area contributed by atoms with E-state index in [0.29, 0.717) is 0 Å². The van der Waals surface area contributed by atoms with Gasteiger partial charge in [0.1, 0.15) is 6.42 Å². The van der Waals surface area contributed by atoms with Crippen molar-refractivity contribution in [2.24, 2.45) is 0 Å². The summed E-state index contributed by atoms with van der Waals surface area (Å²) in [6, 6.07) is 15.3. The van der Waals surface area contributed by atoms with Crippen molar-refractivity contribution >= 4 is 11.6 Å². The molecule has 0 saturated carbocycles. The number of nitrogens with one attached hydrogen (secondary N) is 1. The molecule has 1 aromatic heterocycles. The van der Waals surface area contributed by atoms with Gasteiger partial charge in [0.2, 0.25) is 5.91 Å². The molecule has 0 radical (unpaired) electrons. The molecule has 1 amide bonds. The third kappa shape index (κ3) is 3.92. The molecule has 2 aromatic rings. The summed E-state index contributed by atoms with van der Waals surface area (Å²) in [6.07, 6.45) is 3.25. The zero-order valence-electron chi connectivity index (χ0n) is 11.0. The van der Waals surface area contributed by atoms with E-state index in [0.717, 1.165) is 29.8 Å². The third-order valence-corrected chi connectivity index (χ3v) is 2.91. The predicted octanol–water partition coefficient (Wildman–Crippen LogP) is 2.72. The summed E-state index contributed by atoms with van der Waals surface area (Å²) in [5.41, 5.74) is 2.83. The third-order valence-electron chi connectivity index (χ3n) is 2.91. The van der Waals surface area contributed by atoms with E-state index < -0.39 is 0 Å². The van der Waals surface area contributed by atoms with Crippen molar-refractivity contribution < 1.29 is 4.79 Å². The van der Waals surface area contributed by atoms with Crippen molar-refractivity contribution in [1.29, 1.82) is 5.26 Å². The molecule has 0 unspecified atom stereocenters. The fourth-order valence-corrected chi connectivity index (χ4v) is 1.94. The number of hydrogen-bond acceptors (Lipinski definition) is 3. The van der Waals surface area contributed by atoms with Gasteiger partial charge in [0.25, 0.3) is 0 Å². The Kier molecular flexibility index (Phi) is 4.85. The van der Waals surface area contributed by atoms with Gasteiger partial charge in [0, 0.05) is 17.6 Å². The minimum absolute atomic E-state index is 0.130. The molecule has 0 aliphatic rings. The lowest BCUT2D eigenvalue weighted by molar-refractivity contribution is -0.115. The lowest BCUT2D eigenvalue weighted by Gasteiger charge is -2.09. The van der Waals surface area contributed by atoms with E-state index in [4.69, 9.17) is 5.26 Å². The molecule has 2 rings (SSSR count). The molecule has 1 aromatic carbocycles. The Hall–Kier alpha value is -2.67. The van der Waals surface area contributed by atoms with Crippen LogP contribution in [0.3, 0.4) is 0 Å². The Bertz CT molecular complexity index is 617. The first-order valence-electron chi connectivity index (χ1n) is 6.44. The van der Waals surface area contributed by atoms with Gasteiger partial charge in [-0.3, -0.25) is 9.78 Å². The number of nitriles is 1. The fraction of sp³-hybridized carbons (Fsp3) is 0.188. The van der Waals surface area contributed by atoms with Crippen LogP contribution in [0.15, 0.2) is 48.7 Å². The molecule has 20 heavy (non-hydrogen) atoms. The summed E-state index contributed by atoms with van der Waals surface area (Å²) in [7, 11) is 0. The lowest BCUT2D eigenvalue weighted by atomic mass is 10.1. The van der Waals surface area contributed by atoms with Crippen LogP contribution in [0.4, 0.5) is 5.69 Å². The number of aryl methyl sites for hydroxylation is 2. The number of nitrogens with zero attached hydrogens (tertiary/aromatic N) is 2. The van der Waals surface area contributed by atoms with Crippen molar-refractivity contribution in [2.45, 2.75) is 19.3 Å². The molecule has 0 saturated heterocycles. The highest BCUT2D eigenvalue weighted by atomic mass is 16.1. The quantitative estimate of drug-likeness (QED) is 0.904. The van der Waals surface area contributed by atoms with Crippen LogP contribution in [0, 0.1) is 11.3 Å². The van der Waals surface area contributed by atoms with Crippen molar-refractivity contribution in [3.05, 3.63) is 59.9 Å². The Morgan fingerprint density at radius 2 is 1.95 bits per heavy atom. The SMILES string of the molecule is N#CCC(=O)Nc1ccccc1CCc1ccccn1. The van der Waals surface area contributed by atoms with Crippen LogP contribution in [-0.2, 0) is 17.6 Å². The van der Waals surface area contributed by atoms with Gasteiger partial charge in [-0.15, -0.1) is 0 Å². The average Bonchev–Trinajstić information content (AvgIpc) is 2.48. The van der Waals surface area contributed by atoms with Crippen LogP contribution < -0.4 is 5.32 Å². The predicted molar refractivity (Wildman–Crippen MR) is 76.9 cm³/mol. The van der Waals surface area contributed by atoms with E-state index >= 15 is 0 Å². The molecule has 1 N–H and O–H groups in total. The van der Waals surface area contributed by atoms with Crippen LogP contribution >= 0.6 is 0 Å². The van der Waals surface area contributed by atoms with E-state index in [1.807, 2.05) is 48.5 Å². The molecular weight excluding hydrogens is 250 g/mol. The second kappa shape index (κ2) is 7.05. The summed E-state index contributed by atoms with van der Waals surface area (Å²) in [5, 5.41) is 11.3. The molecule has 0 bridgehead atoms. The normalized spacial score (nSPS) is 9.75. The van der Waals surface area contributed by atoms with Gasteiger partial charge in [-0.1, -0.05) is 24.3 Å². The summed E-state index contributed by atoms with van der Waals surface area (Å²) in [6.45, 7) is 0. The van der Waals surface area contributed by atoms with Crippen LogP contribution in [0.5, 0.6) is 0 Å². The average molecular weight is 265 g/mol. The van der Waals surface area contributed by atoms with Crippen LogP contribution in [0.2, 0.25) is 0 Å². The summed E-state index contributed by atoms with van der Waals surface area (Å²) >= 11 is 0. The van der Waals surface area contributed by atoms with Gasteiger partial charge in [-0.05, 0) is 36.6 Å². The minimum atomic E-state index is -0.280. The Labute approximate surface area is 118 Å². The maximum atomic E-state index is 11.5. The molecule has 0 aliphatic heterocycles. The number of amides is 1. The number of para-hydroxylation sites is 1. The van der Waals surface area contributed by atoms with Crippen molar-refractivity contribution in [3.63, 3.8) is 0 Å². The minimum Gasteiger partial charge on any atom is -0.325 e. The molecular formula is C16H15N3O. The first kappa shape index (κ1) is 13.8. The zero-order chi connectivity index (χ0) is 14.2. The molecule has 4 nitrogen and oxygen atoms in total. The maximum Gasteiger partial charge on any atom is 0.238 e. The maximum absolute atomic E-state index is 11.5. The number of pyridine rings is 1. The van der Waals surface area contributed by atoms with Gasteiger partial charge in [0.15, 0.2) is 0 Å².